The lowest BCUT2D eigenvalue weighted by Crippen LogP contribution is -2.28. The van der Waals surface area contributed by atoms with Gasteiger partial charge in [-0.25, -0.2) is 0 Å². The van der Waals surface area contributed by atoms with Gasteiger partial charge in [-0.1, -0.05) is 127 Å². The molecule has 0 aromatic heterocycles. The van der Waals surface area contributed by atoms with Gasteiger partial charge in [0.05, 0.1) is 6.61 Å². The summed E-state index contributed by atoms with van der Waals surface area (Å²) >= 11 is 0. The maximum absolute atomic E-state index is 12.1. The smallest absolute Gasteiger partial charge is 0.306 e. The Labute approximate surface area is 258 Å². The van der Waals surface area contributed by atoms with Crippen molar-refractivity contribution >= 4 is 11.9 Å². The highest BCUT2D eigenvalue weighted by Gasteiger charge is 2.15. The van der Waals surface area contributed by atoms with E-state index in [2.05, 4.69) is 62.5 Å². The summed E-state index contributed by atoms with van der Waals surface area (Å²) in [6.45, 7) is 4.02. The molecule has 0 bridgehead atoms. The zero-order valence-corrected chi connectivity index (χ0v) is 27.2. The fourth-order valence-corrected chi connectivity index (χ4v) is 4.43. The zero-order valence-electron chi connectivity index (χ0n) is 27.2. The maximum Gasteiger partial charge on any atom is 0.306 e. The summed E-state index contributed by atoms with van der Waals surface area (Å²) in [6, 6.07) is 0. The molecule has 0 rings (SSSR count). The van der Waals surface area contributed by atoms with Gasteiger partial charge in [-0.05, 0) is 64.2 Å². The lowest BCUT2D eigenvalue weighted by Gasteiger charge is -2.15. The van der Waals surface area contributed by atoms with Crippen molar-refractivity contribution in [2.75, 3.05) is 13.2 Å². The minimum Gasteiger partial charge on any atom is -0.462 e. The fourth-order valence-electron chi connectivity index (χ4n) is 4.43. The van der Waals surface area contributed by atoms with Gasteiger partial charge in [0, 0.05) is 12.8 Å². The molecule has 1 atom stereocenters. The molecule has 0 amide bonds. The van der Waals surface area contributed by atoms with Crippen LogP contribution in [0.4, 0.5) is 0 Å². The van der Waals surface area contributed by atoms with Crippen LogP contribution < -0.4 is 0 Å². The van der Waals surface area contributed by atoms with E-state index in [9.17, 15) is 14.7 Å². The van der Waals surface area contributed by atoms with E-state index in [0.717, 1.165) is 44.9 Å². The number of hydrogen-bond donors (Lipinski definition) is 1. The molecule has 0 aromatic carbocycles. The Bertz CT molecular complexity index is 722. The van der Waals surface area contributed by atoms with Crippen LogP contribution in [0.3, 0.4) is 0 Å². The van der Waals surface area contributed by atoms with Crippen molar-refractivity contribution in [3.8, 4) is 0 Å². The number of ether oxygens (including phenoxy) is 2. The Morgan fingerprint density at radius 2 is 1.00 bits per heavy atom. The highest BCUT2D eigenvalue weighted by molar-refractivity contribution is 5.70. The zero-order chi connectivity index (χ0) is 30.8. The Morgan fingerprint density at radius 1 is 0.548 bits per heavy atom. The first kappa shape index (κ1) is 39.9. The number of esters is 2. The second kappa shape index (κ2) is 33.4. The molecule has 0 radical (unpaired) electrons. The minimum atomic E-state index is -0.799. The Morgan fingerprint density at radius 3 is 1.60 bits per heavy atom. The molecule has 5 heteroatoms. The number of aliphatic hydroxyl groups is 1. The van der Waals surface area contributed by atoms with Crippen molar-refractivity contribution in [1.29, 1.82) is 0 Å². The van der Waals surface area contributed by atoms with Crippen molar-refractivity contribution in [3.05, 3.63) is 48.6 Å². The van der Waals surface area contributed by atoms with Gasteiger partial charge in [-0.15, -0.1) is 0 Å². The van der Waals surface area contributed by atoms with Crippen molar-refractivity contribution in [3.63, 3.8) is 0 Å². The van der Waals surface area contributed by atoms with E-state index in [4.69, 9.17) is 9.47 Å². The minimum absolute atomic E-state index is 0.0914. The summed E-state index contributed by atoms with van der Waals surface area (Å²) in [5.74, 6) is -0.668. The van der Waals surface area contributed by atoms with Crippen LogP contribution in [0, 0.1) is 0 Å². The number of carbonyl (C=O) groups excluding carboxylic acids is 2. The van der Waals surface area contributed by atoms with Gasteiger partial charge in [-0.2, -0.15) is 0 Å². The van der Waals surface area contributed by atoms with Crippen LogP contribution in [-0.2, 0) is 19.1 Å². The number of aliphatic hydroxyl groups excluding tert-OH is 1. The van der Waals surface area contributed by atoms with Gasteiger partial charge in [0.25, 0.3) is 0 Å². The van der Waals surface area contributed by atoms with Gasteiger partial charge < -0.3 is 14.6 Å². The van der Waals surface area contributed by atoms with Crippen LogP contribution in [0.15, 0.2) is 48.6 Å². The fraction of sp³-hybridized carbons (Fsp3) is 0.730. The first-order valence-electron chi connectivity index (χ1n) is 17.2. The third kappa shape index (κ3) is 30.8. The number of rotatable bonds is 30. The second-order valence-electron chi connectivity index (χ2n) is 11.2. The lowest BCUT2D eigenvalue weighted by molar-refractivity contribution is -0.161. The Hall–Kier alpha value is -2.14. The molecule has 0 heterocycles. The van der Waals surface area contributed by atoms with Gasteiger partial charge in [0.15, 0.2) is 6.10 Å². The molecule has 5 nitrogen and oxygen atoms in total. The highest BCUT2D eigenvalue weighted by atomic mass is 16.6. The summed E-state index contributed by atoms with van der Waals surface area (Å²) in [4.78, 5) is 24.1. The summed E-state index contributed by atoms with van der Waals surface area (Å²) in [5.41, 5.74) is 0. The van der Waals surface area contributed by atoms with Crippen molar-refractivity contribution < 1.29 is 24.2 Å². The summed E-state index contributed by atoms with van der Waals surface area (Å²) in [6.07, 6.45) is 40.3. The molecular weight excluding hydrogens is 524 g/mol. The molecule has 0 saturated carbocycles. The predicted molar refractivity (Wildman–Crippen MR) is 177 cm³/mol. The van der Waals surface area contributed by atoms with Crippen LogP contribution >= 0.6 is 0 Å². The average molecular weight is 589 g/mol. The van der Waals surface area contributed by atoms with E-state index < -0.39 is 6.10 Å². The highest BCUT2D eigenvalue weighted by Crippen LogP contribution is 2.10. The third-order valence-corrected chi connectivity index (χ3v) is 7.10. The second-order valence-corrected chi connectivity index (χ2v) is 11.2. The molecule has 0 spiro atoms. The van der Waals surface area contributed by atoms with Gasteiger partial charge in [0.2, 0.25) is 0 Å². The molecule has 0 aliphatic heterocycles. The molecule has 0 fully saturated rings. The van der Waals surface area contributed by atoms with E-state index in [0.29, 0.717) is 12.8 Å². The van der Waals surface area contributed by atoms with Gasteiger partial charge in [-0.3, -0.25) is 9.59 Å². The van der Waals surface area contributed by atoms with E-state index in [1.54, 1.807) is 0 Å². The summed E-state index contributed by atoms with van der Waals surface area (Å²) in [5, 5.41) is 9.49. The van der Waals surface area contributed by atoms with Crippen LogP contribution in [0.1, 0.15) is 155 Å². The average Bonchev–Trinajstić information content (AvgIpc) is 2.99. The first-order chi connectivity index (χ1) is 20.6. The van der Waals surface area contributed by atoms with E-state index in [-0.39, 0.29) is 31.6 Å². The first-order valence-corrected chi connectivity index (χ1v) is 17.2. The molecule has 0 saturated heterocycles. The monoisotopic (exact) mass is 588 g/mol. The van der Waals surface area contributed by atoms with Crippen molar-refractivity contribution in [1.82, 2.24) is 0 Å². The van der Waals surface area contributed by atoms with Gasteiger partial charge in [0.1, 0.15) is 6.61 Å². The summed E-state index contributed by atoms with van der Waals surface area (Å²) in [7, 11) is 0. The standard InChI is InChI=1S/C37H64O5/c1-3-5-7-9-11-13-15-16-17-18-19-20-22-24-26-28-30-32-37(40)42-35(33-38)34-41-36(39)31-29-27-25-23-21-14-12-10-8-6-4-2/h10,12,16-17,19-20,24,26,35,38H,3-9,11,13-15,18,21-23,25,27-34H2,1-2H3/b12-10-,17-16-,20-19-,26-24-/t35-/m0/s1. The number of hydrogen-bond acceptors (Lipinski definition) is 5. The molecule has 42 heavy (non-hydrogen) atoms. The quantitative estimate of drug-likeness (QED) is 0.0513. The normalized spacial score (nSPS) is 12.7. The van der Waals surface area contributed by atoms with Gasteiger partial charge >= 0.3 is 11.9 Å². The number of allylic oxidation sites excluding steroid dienone is 8. The van der Waals surface area contributed by atoms with Crippen molar-refractivity contribution in [2.24, 2.45) is 0 Å². The third-order valence-electron chi connectivity index (χ3n) is 7.10. The number of carbonyl (C=O) groups is 2. The van der Waals surface area contributed by atoms with E-state index >= 15 is 0 Å². The van der Waals surface area contributed by atoms with Crippen LogP contribution in [0.2, 0.25) is 0 Å². The van der Waals surface area contributed by atoms with Crippen LogP contribution in [0.25, 0.3) is 0 Å². The molecule has 1 N–H and O–H groups in total. The van der Waals surface area contributed by atoms with E-state index in [1.807, 2.05) is 0 Å². The molecule has 0 aliphatic carbocycles. The summed E-state index contributed by atoms with van der Waals surface area (Å²) < 4.78 is 10.5. The topological polar surface area (TPSA) is 72.8 Å². The molecule has 242 valence electrons. The Balaban J connectivity index is 3.70. The molecule has 0 aliphatic rings. The van der Waals surface area contributed by atoms with Crippen LogP contribution in [-0.4, -0.2) is 36.4 Å². The molecule has 0 unspecified atom stereocenters. The number of unbranched alkanes of at least 4 members (excludes halogenated alkanes) is 14. The molecule has 0 aromatic rings. The van der Waals surface area contributed by atoms with Crippen molar-refractivity contribution in [2.45, 2.75) is 161 Å². The predicted octanol–water partition coefficient (Wildman–Crippen LogP) is 10.3. The van der Waals surface area contributed by atoms with E-state index in [1.165, 1.54) is 77.0 Å². The largest absolute Gasteiger partial charge is 0.462 e. The maximum atomic E-state index is 12.1. The van der Waals surface area contributed by atoms with Crippen LogP contribution in [0.5, 0.6) is 0 Å². The lowest BCUT2D eigenvalue weighted by atomic mass is 10.1. The Kier molecular flexibility index (Phi) is 31.7. The molecular formula is C37H64O5. The SMILES string of the molecule is CCCC/C=C\CCCCCCCC(=O)OC[C@H](CO)OC(=O)CCC/C=C\C/C=C\C/C=C\CCCCCCCC.